The molecule has 2 aromatic carbocycles. The number of methoxy groups -OCH3 is 3. The maximum absolute atomic E-state index is 12.4. The summed E-state index contributed by atoms with van der Waals surface area (Å²) in [6.07, 6.45) is 1.57. The van der Waals surface area contributed by atoms with E-state index in [4.69, 9.17) is 18.9 Å². The summed E-state index contributed by atoms with van der Waals surface area (Å²) in [7, 11) is 4.43. The van der Waals surface area contributed by atoms with Crippen LogP contribution in [0.5, 0.6) is 17.2 Å². The molecular formula is C21H21N3O6. The molecule has 1 aromatic heterocycles. The number of anilines is 1. The van der Waals surface area contributed by atoms with Gasteiger partial charge in [0.2, 0.25) is 5.69 Å². The van der Waals surface area contributed by atoms with Crippen LogP contribution in [0.2, 0.25) is 0 Å². The van der Waals surface area contributed by atoms with E-state index in [9.17, 15) is 9.59 Å². The van der Waals surface area contributed by atoms with Gasteiger partial charge in [-0.2, -0.15) is 5.10 Å². The highest BCUT2D eigenvalue weighted by molar-refractivity contribution is 5.96. The molecule has 0 aliphatic heterocycles. The van der Waals surface area contributed by atoms with Crippen molar-refractivity contribution in [1.82, 2.24) is 9.78 Å². The van der Waals surface area contributed by atoms with E-state index in [1.165, 1.54) is 26.0 Å². The zero-order valence-corrected chi connectivity index (χ0v) is 16.7. The molecule has 1 N–H and O–H groups in total. The van der Waals surface area contributed by atoms with E-state index in [2.05, 4.69) is 10.4 Å². The van der Waals surface area contributed by atoms with Crippen molar-refractivity contribution in [2.24, 2.45) is 0 Å². The van der Waals surface area contributed by atoms with Crippen LogP contribution in [-0.4, -0.2) is 49.6 Å². The van der Waals surface area contributed by atoms with E-state index in [0.717, 1.165) is 5.69 Å². The van der Waals surface area contributed by atoms with Gasteiger partial charge in [-0.25, -0.2) is 9.48 Å². The van der Waals surface area contributed by atoms with Gasteiger partial charge in [-0.1, -0.05) is 18.2 Å². The number of rotatable bonds is 8. The molecule has 30 heavy (non-hydrogen) atoms. The van der Waals surface area contributed by atoms with Gasteiger partial charge in [-0.05, 0) is 24.3 Å². The maximum Gasteiger partial charge on any atom is 0.363 e. The van der Waals surface area contributed by atoms with Crippen molar-refractivity contribution in [1.29, 1.82) is 0 Å². The van der Waals surface area contributed by atoms with Gasteiger partial charge >= 0.3 is 5.97 Å². The first-order valence-corrected chi connectivity index (χ1v) is 8.93. The number of amides is 1. The summed E-state index contributed by atoms with van der Waals surface area (Å²) >= 11 is 0. The SMILES string of the molecule is COc1ccc(NC(=O)COC(=O)c2nn(-c3ccccc3)cc2OC)cc1OC. The predicted octanol–water partition coefficient (Wildman–Crippen LogP) is 2.69. The molecule has 0 spiro atoms. The van der Waals surface area contributed by atoms with Crippen LogP contribution in [0.25, 0.3) is 5.69 Å². The lowest BCUT2D eigenvalue weighted by Gasteiger charge is -2.10. The molecule has 3 aromatic rings. The normalized spacial score (nSPS) is 10.2. The van der Waals surface area contributed by atoms with Gasteiger partial charge in [-0.15, -0.1) is 0 Å². The lowest BCUT2D eigenvalue weighted by Crippen LogP contribution is -2.21. The van der Waals surface area contributed by atoms with Gasteiger partial charge in [0.05, 0.1) is 33.2 Å². The van der Waals surface area contributed by atoms with Crippen LogP contribution in [0, 0.1) is 0 Å². The molecule has 0 aliphatic carbocycles. The average molecular weight is 411 g/mol. The van der Waals surface area contributed by atoms with Crippen LogP contribution in [0.3, 0.4) is 0 Å². The standard InChI is InChI=1S/C21H21N3O6/c1-27-16-10-9-14(11-17(16)28-2)22-19(25)13-30-21(26)20-18(29-3)12-24(23-20)15-7-5-4-6-8-15/h4-12H,13H2,1-3H3,(H,22,25). The summed E-state index contributed by atoms with van der Waals surface area (Å²) in [4.78, 5) is 24.6. The highest BCUT2D eigenvalue weighted by Gasteiger charge is 2.21. The summed E-state index contributed by atoms with van der Waals surface area (Å²) in [6, 6.07) is 14.1. The smallest absolute Gasteiger partial charge is 0.363 e. The molecule has 0 bridgehead atoms. The van der Waals surface area contributed by atoms with Gasteiger partial charge in [0, 0.05) is 11.8 Å². The fourth-order valence-electron chi connectivity index (χ4n) is 2.67. The molecule has 9 nitrogen and oxygen atoms in total. The number of hydrogen-bond acceptors (Lipinski definition) is 7. The highest BCUT2D eigenvalue weighted by atomic mass is 16.5. The number of ether oxygens (including phenoxy) is 4. The molecule has 1 amide bonds. The number of carbonyl (C=O) groups is 2. The summed E-state index contributed by atoms with van der Waals surface area (Å²) in [5, 5.41) is 6.84. The molecule has 0 saturated carbocycles. The maximum atomic E-state index is 12.4. The van der Waals surface area contributed by atoms with E-state index in [1.807, 2.05) is 30.3 Å². The Morgan fingerprint density at radius 1 is 0.933 bits per heavy atom. The van der Waals surface area contributed by atoms with E-state index in [-0.39, 0.29) is 11.4 Å². The van der Waals surface area contributed by atoms with E-state index < -0.39 is 18.5 Å². The third kappa shape index (κ3) is 4.69. The molecule has 0 atom stereocenters. The number of carbonyl (C=O) groups excluding carboxylic acids is 2. The first-order chi connectivity index (χ1) is 14.5. The highest BCUT2D eigenvalue weighted by Crippen LogP contribution is 2.29. The van der Waals surface area contributed by atoms with Crippen LogP contribution in [0.15, 0.2) is 54.7 Å². The number of hydrogen-bond donors (Lipinski definition) is 1. The Balaban J connectivity index is 1.64. The molecule has 9 heteroatoms. The van der Waals surface area contributed by atoms with Gasteiger partial charge in [0.15, 0.2) is 23.9 Å². The lowest BCUT2D eigenvalue weighted by atomic mass is 10.2. The minimum absolute atomic E-state index is 0.0275. The first kappa shape index (κ1) is 20.7. The van der Waals surface area contributed by atoms with Gasteiger partial charge in [-0.3, -0.25) is 4.79 Å². The molecule has 0 saturated heterocycles. The average Bonchev–Trinajstić information content (AvgIpc) is 3.22. The Morgan fingerprint density at radius 2 is 1.63 bits per heavy atom. The minimum Gasteiger partial charge on any atom is -0.493 e. The van der Waals surface area contributed by atoms with E-state index in [1.54, 1.807) is 24.4 Å². The molecule has 0 fully saturated rings. The molecule has 1 heterocycles. The zero-order chi connectivity index (χ0) is 21.5. The van der Waals surface area contributed by atoms with E-state index in [0.29, 0.717) is 17.2 Å². The molecule has 156 valence electrons. The number of nitrogens with zero attached hydrogens (tertiary/aromatic N) is 2. The van der Waals surface area contributed by atoms with Crippen LogP contribution in [0.1, 0.15) is 10.5 Å². The van der Waals surface area contributed by atoms with Gasteiger partial charge < -0.3 is 24.3 Å². The molecule has 0 radical (unpaired) electrons. The predicted molar refractivity (Wildman–Crippen MR) is 109 cm³/mol. The second-order valence-corrected chi connectivity index (χ2v) is 6.02. The quantitative estimate of drug-likeness (QED) is 0.569. The minimum atomic E-state index is -0.774. The fourth-order valence-corrected chi connectivity index (χ4v) is 2.67. The summed E-state index contributed by atoms with van der Waals surface area (Å²) in [5.41, 5.74) is 1.20. The summed E-state index contributed by atoms with van der Waals surface area (Å²) in [6.45, 7) is -0.492. The van der Waals surface area contributed by atoms with Crippen molar-refractivity contribution in [2.75, 3.05) is 33.3 Å². The van der Waals surface area contributed by atoms with Crippen molar-refractivity contribution >= 4 is 17.6 Å². The van der Waals surface area contributed by atoms with Crippen molar-refractivity contribution in [2.45, 2.75) is 0 Å². The van der Waals surface area contributed by atoms with E-state index >= 15 is 0 Å². The van der Waals surface area contributed by atoms with Crippen molar-refractivity contribution in [3.05, 3.63) is 60.4 Å². The second kappa shape index (κ2) is 9.46. The third-order valence-electron chi connectivity index (χ3n) is 4.12. The molecule has 3 rings (SSSR count). The topological polar surface area (TPSA) is 101 Å². The Bertz CT molecular complexity index is 1030. The van der Waals surface area contributed by atoms with Crippen LogP contribution < -0.4 is 19.5 Å². The number of esters is 1. The zero-order valence-electron chi connectivity index (χ0n) is 16.7. The van der Waals surface area contributed by atoms with Crippen molar-refractivity contribution < 1.29 is 28.5 Å². The number of nitrogens with one attached hydrogen (secondary N) is 1. The number of aromatic nitrogens is 2. The Hall–Kier alpha value is -4.01. The number of para-hydroxylation sites is 1. The van der Waals surface area contributed by atoms with Crippen LogP contribution in [-0.2, 0) is 9.53 Å². The first-order valence-electron chi connectivity index (χ1n) is 8.93. The van der Waals surface area contributed by atoms with Crippen molar-refractivity contribution in [3.63, 3.8) is 0 Å². The monoisotopic (exact) mass is 411 g/mol. The summed E-state index contributed by atoms with van der Waals surface area (Å²) < 4.78 is 22.1. The Kier molecular flexibility index (Phi) is 6.53. The molecule has 0 unspecified atom stereocenters. The fraction of sp³-hybridized carbons (Fsp3) is 0.190. The van der Waals surface area contributed by atoms with Gasteiger partial charge in [0.25, 0.3) is 5.91 Å². The van der Waals surface area contributed by atoms with Crippen LogP contribution in [0.4, 0.5) is 5.69 Å². The Morgan fingerprint density at radius 3 is 2.30 bits per heavy atom. The summed E-state index contributed by atoms with van der Waals surface area (Å²) in [5.74, 6) is -0.0586. The van der Waals surface area contributed by atoms with Gasteiger partial charge in [0.1, 0.15) is 0 Å². The number of benzene rings is 2. The molecule has 0 aliphatic rings. The van der Waals surface area contributed by atoms with Crippen LogP contribution >= 0.6 is 0 Å². The Labute approximate surface area is 173 Å². The van der Waals surface area contributed by atoms with Crippen molar-refractivity contribution in [3.8, 4) is 22.9 Å². The second-order valence-electron chi connectivity index (χ2n) is 6.02. The molecular weight excluding hydrogens is 390 g/mol. The third-order valence-corrected chi connectivity index (χ3v) is 4.12. The largest absolute Gasteiger partial charge is 0.493 e. The lowest BCUT2D eigenvalue weighted by molar-refractivity contribution is -0.119.